The van der Waals surface area contributed by atoms with Crippen molar-refractivity contribution in [3.05, 3.63) is 71.5 Å². The van der Waals surface area contributed by atoms with E-state index in [1.807, 2.05) is 24.3 Å². The number of anilines is 2. The van der Waals surface area contributed by atoms with Crippen LogP contribution < -0.4 is 16.2 Å². The third-order valence-electron chi connectivity index (χ3n) is 4.58. The number of aromatic nitrogens is 2. The molecule has 0 aliphatic carbocycles. The molecule has 4 aromatic rings. The van der Waals surface area contributed by atoms with E-state index in [9.17, 15) is 9.59 Å². The zero-order valence-electron chi connectivity index (χ0n) is 16.1. The Morgan fingerprint density at radius 1 is 1.00 bits per heavy atom. The van der Waals surface area contributed by atoms with Crippen LogP contribution >= 0.6 is 11.6 Å². The molecule has 0 radical (unpaired) electrons. The van der Waals surface area contributed by atoms with E-state index in [2.05, 4.69) is 21.2 Å². The van der Waals surface area contributed by atoms with Crippen molar-refractivity contribution in [1.29, 1.82) is 0 Å². The van der Waals surface area contributed by atoms with Crippen LogP contribution in [0.15, 0.2) is 60.9 Å². The zero-order valence-corrected chi connectivity index (χ0v) is 16.8. The number of rotatable bonds is 4. The van der Waals surface area contributed by atoms with Gasteiger partial charge in [-0.3, -0.25) is 25.4 Å². The van der Waals surface area contributed by atoms with Crippen LogP contribution in [0.25, 0.3) is 21.7 Å². The van der Waals surface area contributed by atoms with Gasteiger partial charge in [0, 0.05) is 51.2 Å². The van der Waals surface area contributed by atoms with Crippen molar-refractivity contribution in [2.75, 3.05) is 5.32 Å². The Morgan fingerprint density at radius 3 is 2.67 bits per heavy atom. The number of benzene rings is 2. The number of halogens is 1. The molecule has 0 aliphatic heterocycles. The van der Waals surface area contributed by atoms with Crippen molar-refractivity contribution < 1.29 is 9.59 Å². The number of hydrazine groups is 1. The molecule has 2 heterocycles. The normalized spacial score (nSPS) is 10.7. The van der Waals surface area contributed by atoms with Crippen molar-refractivity contribution in [1.82, 2.24) is 20.8 Å². The Balaban J connectivity index is 1.77. The van der Waals surface area contributed by atoms with Gasteiger partial charge in [-0.15, -0.1) is 0 Å². The van der Waals surface area contributed by atoms with Gasteiger partial charge in [0.25, 0.3) is 5.91 Å². The minimum absolute atomic E-state index is 0.271. The van der Waals surface area contributed by atoms with Gasteiger partial charge in [0.05, 0.1) is 5.52 Å². The summed E-state index contributed by atoms with van der Waals surface area (Å²) in [6.07, 6.45) is 3.75. The second kappa shape index (κ2) is 8.34. The largest absolute Gasteiger partial charge is 0.340 e. The first-order valence-electron chi connectivity index (χ1n) is 9.34. The van der Waals surface area contributed by atoms with E-state index in [1.165, 1.54) is 0 Å². The lowest BCUT2D eigenvalue weighted by atomic mass is 10.1. The fourth-order valence-electron chi connectivity index (χ4n) is 3.07. The summed E-state index contributed by atoms with van der Waals surface area (Å²) in [6, 6.07) is 14.4. The fraction of sp³-hybridized carbons (Fsp3) is 0.0909. The zero-order chi connectivity index (χ0) is 21.1. The lowest BCUT2D eigenvalue weighted by molar-refractivity contribution is -0.121. The van der Waals surface area contributed by atoms with Crippen molar-refractivity contribution >= 4 is 56.6 Å². The minimum Gasteiger partial charge on any atom is -0.340 e. The molecular weight excluding hydrogens is 402 g/mol. The van der Waals surface area contributed by atoms with E-state index >= 15 is 0 Å². The maximum Gasteiger partial charge on any atom is 0.269 e. The summed E-state index contributed by atoms with van der Waals surface area (Å²) < 4.78 is 0. The Bertz CT molecular complexity index is 1280. The molecule has 7 nitrogen and oxygen atoms in total. The van der Waals surface area contributed by atoms with E-state index in [4.69, 9.17) is 16.6 Å². The van der Waals surface area contributed by atoms with Gasteiger partial charge in [-0.25, -0.2) is 4.98 Å². The van der Waals surface area contributed by atoms with E-state index in [-0.39, 0.29) is 12.3 Å². The Hall–Kier alpha value is -3.71. The first-order chi connectivity index (χ1) is 14.5. The summed E-state index contributed by atoms with van der Waals surface area (Å²) in [4.78, 5) is 32.7. The van der Waals surface area contributed by atoms with Crippen LogP contribution in [0, 0.1) is 0 Å². The summed E-state index contributed by atoms with van der Waals surface area (Å²) in [6.45, 7) is 1.70. The molecule has 2 aromatic heterocycles. The highest BCUT2D eigenvalue weighted by atomic mass is 35.5. The molecule has 3 N–H and O–H groups in total. The molecule has 0 aliphatic rings. The maximum atomic E-state index is 12.4. The van der Waals surface area contributed by atoms with Gasteiger partial charge in [-0.05, 0) is 36.4 Å². The Labute approximate surface area is 177 Å². The molecule has 0 atom stereocenters. The van der Waals surface area contributed by atoms with Crippen molar-refractivity contribution in [3.63, 3.8) is 0 Å². The van der Waals surface area contributed by atoms with Crippen LogP contribution in [0.2, 0.25) is 5.02 Å². The predicted octanol–water partition coefficient (Wildman–Crippen LogP) is 4.35. The molecule has 8 heteroatoms. The Kier molecular flexibility index (Phi) is 5.45. The van der Waals surface area contributed by atoms with Gasteiger partial charge >= 0.3 is 0 Å². The van der Waals surface area contributed by atoms with Crippen LogP contribution in [-0.2, 0) is 4.79 Å². The van der Waals surface area contributed by atoms with Crippen LogP contribution in [0.3, 0.4) is 0 Å². The maximum absolute atomic E-state index is 12.4. The Morgan fingerprint density at radius 2 is 1.87 bits per heavy atom. The lowest BCUT2D eigenvalue weighted by Gasteiger charge is -2.13. The minimum atomic E-state index is -0.420. The second-order valence-corrected chi connectivity index (χ2v) is 7.04. The molecule has 2 aromatic carbocycles. The fourth-order valence-corrected chi connectivity index (χ4v) is 3.26. The molecule has 0 saturated carbocycles. The van der Waals surface area contributed by atoms with Crippen molar-refractivity contribution in [2.24, 2.45) is 0 Å². The summed E-state index contributed by atoms with van der Waals surface area (Å²) in [7, 11) is 0. The van der Waals surface area contributed by atoms with Crippen LogP contribution in [-0.4, -0.2) is 21.8 Å². The average molecular weight is 420 g/mol. The van der Waals surface area contributed by atoms with E-state index in [0.29, 0.717) is 21.9 Å². The first kappa shape index (κ1) is 19.6. The molecule has 0 fully saturated rings. The average Bonchev–Trinajstić information content (AvgIpc) is 2.77. The van der Waals surface area contributed by atoms with Crippen molar-refractivity contribution in [3.8, 4) is 0 Å². The first-order valence-corrected chi connectivity index (χ1v) is 9.72. The number of carbonyl (C=O) groups excluding carboxylic acids is 2. The van der Waals surface area contributed by atoms with E-state index < -0.39 is 5.91 Å². The van der Waals surface area contributed by atoms with Gasteiger partial charge in [0.15, 0.2) is 0 Å². The molecule has 0 bridgehead atoms. The number of nitrogens with zero attached hydrogens (tertiary/aromatic N) is 2. The highest BCUT2D eigenvalue weighted by Gasteiger charge is 2.13. The van der Waals surface area contributed by atoms with Crippen LogP contribution in [0.5, 0.6) is 0 Å². The van der Waals surface area contributed by atoms with Gasteiger partial charge in [-0.1, -0.05) is 30.7 Å². The predicted molar refractivity (Wildman–Crippen MR) is 118 cm³/mol. The summed E-state index contributed by atoms with van der Waals surface area (Å²) >= 11 is 6.10. The second-order valence-electron chi connectivity index (χ2n) is 6.60. The molecule has 150 valence electrons. The van der Waals surface area contributed by atoms with Crippen LogP contribution in [0.1, 0.15) is 23.7 Å². The number of nitrogens with one attached hydrogen (secondary N) is 3. The number of hydrogen-bond donors (Lipinski definition) is 3. The SMILES string of the molecule is CCC(=O)NNC(=O)c1ccc2c(c1)nc(Nc1cccc(Cl)c1)c1ccncc12. The number of carbonyl (C=O) groups is 2. The highest BCUT2D eigenvalue weighted by molar-refractivity contribution is 6.30. The van der Waals surface area contributed by atoms with Gasteiger partial charge in [0.1, 0.15) is 5.82 Å². The molecule has 2 amide bonds. The third-order valence-corrected chi connectivity index (χ3v) is 4.82. The number of pyridine rings is 2. The molecular formula is C22H18ClN5O2. The monoisotopic (exact) mass is 419 g/mol. The van der Waals surface area contributed by atoms with E-state index in [1.54, 1.807) is 43.6 Å². The van der Waals surface area contributed by atoms with Gasteiger partial charge in [0.2, 0.25) is 5.91 Å². The molecule has 0 saturated heterocycles. The summed E-state index contributed by atoms with van der Waals surface area (Å²) in [5, 5.41) is 6.57. The van der Waals surface area contributed by atoms with Crippen LogP contribution in [0.4, 0.5) is 11.5 Å². The quantitative estimate of drug-likeness (QED) is 0.337. The summed E-state index contributed by atoms with van der Waals surface area (Å²) in [5.41, 5.74) is 6.56. The third kappa shape index (κ3) is 4.01. The lowest BCUT2D eigenvalue weighted by Crippen LogP contribution is -2.41. The number of fused-ring (bicyclic) bond motifs is 3. The highest BCUT2D eigenvalue weighted by Crippen LogP contribution is 2.31. The topological polar surface area (TPSA) is 96.0 Å². The standard InChI is InChI=1S/C22H18ClN5O2/c1-2-20(29)27-28-22(30)13-6-7-16-18-12-24-9-8-17(18)21(26-19(16)10-13)25-15-5-3-4-14(23)11-15/h3-12H,2H2,1H3,(H,25,26)(H,27,29)(H,28,30). The summed E-state index contributed by atoms with van der Waals surface area (Å²) in [5.74, 6) is -0.0671. The number of amides is 2. The van der Waals surface area contributed by atoms with Gasteiger partial charge in [-0.2, -0.15) is 0 Å². The molecule has 0 unspecified atom stereocenters. The molecule has 30 heavy (non-hydrogen) atoms. The smallest absolute Gasteiger partial charge is 0.269 e. The van der Waals surface area contributed by atoms with Gasteiger partial charge < -0.3 is 5.32 Å². The molecule has 4 rings (SSSR count). The van der Waals surface area contributed by atoms with E-state index in [0.717, 1.165) is 21.8 Å². The number of hydrogen-bond acceptors (Lipinski definition) is 5. The van der Waals surface area contributed by atoms with Crippen molar-refractivity contribution in [2.45, 2.75) is 13.3 Å². The molecule has 0 spiro atoms.